The fourth-order valence-electron chi connectivity index (χ4n) is 1.27. The molecule has 90 valence electrons. The van der Waals surface area contributed by atoms with Gasteiger partial charge in [0.05, 0.1) is 6.61 Å². The van der Waals surface area contributed by atoms with E-state index in [2.05, 4.69) is 5.10 Å². The number of aromatic nitrogens is 2. The van der Waals surface area contributed by atoms with Crippen molar-refractivity contribution < 1.29 is 18.3 Å². The summed E-state index contributed by atoms with van der Waals surface area (Å²) in [6.45, 7) is 5.37. The van der Waals surface area contributed by atoms with Gasteiger partial charge < -0.3 is 4.74 Å². The predicted octanol–water partition coefficient (Wildman–Crippen LogP) is 2.58. The number of hydrogen-bond acceptors (Lipinski definition) is 3. The molecule has 0 saturated heterocycles. The van der Waals surface area contributed by atoms with E-state index in [1.165, 1.54) is 4.68 Å². The number of hydrogen-bond donors (Lipinski definition) is 0. The zero-order valence-corrected chi connectivity index (χ0v) is 9.41. The molecule has 1 rings (SSSR count). The Morgan fingerprint density at radius 2 is 2.19 bits per heavy atom. The molecule has 0 aromatic carbocycles. The lowest BCUT2D eigenvalue weighted by Crippen LogP contribution is -2.14. The summed E-state index contributed by atoms with van der Waals surface area (Å²) in [4.78, 5) is 11.5. The van der Waals surface area contributed by atoms with Crippen LogP contribution in [-0.2, 0) is 4.74 Å². The molecule has 0 saturated carbocycles. The molecule has 0 fully saturated rings. The summed E-state index contributed by atoms with van der Waals surface area (Å²) < 4.78 is 30.9. The Kier molecular flexibility index (Phi) is 3.98. The smallest absolute Gasteiger partial charge is 0.356 e. The Bertz CT molecular complexity index is 375. The van der Waals surface area contributed by atoms with Crippen LogP contribution in [0.1, 0.15) is 49.4 Å². The van der Waals surface area contributed by atoms with E-state index in [1.54, 1.807) is 20.8 Å². The summed E-state index contributed by atoms with van der Waals surface area (Å²) in [7, 11) is 0. The van der Waals surface area contributed by atoms with Gasteiger partial charge in [-0.15, -0.1) is 0 Å². The average molecular weight is 232 g/mol. The van der Waals surface area contributed by atoms with Crippen LogP contribution in [0.25, 0.3) is 0 Å². The van der Waals surface area contributed by atoms with E-state index < -0.39 is 18.1 Å². The van der Waals surface area contributed by atoms with E-state index in [4.69, 9.17) is 4.74 Å². The van der Waals surface area contributed by atoms with Gasteiger partial charge in [0, 0.05) is 12.1 Å². The quantitative estimate of drug-likeness (QED) is 0.749. The fraction of sp³-hybridized carbons (Fsp3) is 0.600. The monoisotopic (exact) mass is 232 g/mol. The maximum atomic E-state index is 12.4. The molecule has 0 unspecified atom stereocenters. The second kappa shape index (κ2) is 5.05. The Balaban J connectivity index is 3.10. The van der Waals surface area contributed by atoms with Crippen LogP contribution in [0.4, 0.5) is 8.78 Å². The summed E-state index contributed by atoms with van der Waals surface area (Å²) in [5.74, 6) is -0.629. The zero-order valence-electron chi connectivity index (χ0n) is 9.41. The normalized spacial score (nSPS) is 11.2. The Morgan fingerprint density at radius 3 is 2.62 bits per heavy atom. The molecule has 0 aliphatic rings. The molecule has 16 heavy (non-hydrogen) atoms. The zero-order chi connectivity index (χ0) is 12.3. The molecule has 1 aromatic heterocycles. The highest BCUT2D eigenvalue weighted by Gasteiger charge is 2.21. The Labute approximate surface area is 92.2 Å². The molecule has 0 atom stereocenters. The first-order valence-electron chi connectivity index (χ1n) is 5.02. The first-order chi connectivity index (χ1) is 7.47. The van der Waals surface area contributed by atoms with Crippen molar-refractivity contribution in [3.63, 3.8) is 0 Å². The van der Waals surface area contributed by atoms with Crippen LogP contribution < -0.4 is 0 Å². The highest BCUT2D eigenvalue weighted by Crippen LogP contribution is 2.21. The van der Waals surface area contributed by atoms with Crippen molar-refractivity contribution in [1.82, 2.24) is 9.78 Å². The summed E-state index contributed by atoms with van der Waals surface area (Å²) >= 11 is 0. The standard InChI is InChI=1S/C10H14F2N2O2/c1-4-16-10(15)8-5-7(9(11)12)13-14(8)6(2)3/h5-6,9H,4H2,1-3H3. The topological polar surface area (TPSA) is 44.1 Å². The van der Waals surface area contributed by atoms with Crippen LogP contribution in [-0.4, -0.2) is 22.4 Å². The predicted molar refractivity (Wildman–Crippen MR) is 53.5 cm³/mol. The Morgan fingerprint density at radius 1 is 1.56 bits per heavy atom. The molecule has 0 amide bonds. The van der Waals surface area contributed by atoms with Gasteiger partial charge in [-0.05, 0) is 20.8 Å². The third-order valence-corrected chi connectivity index (χ3v) is 1.95. The van der Waals surface area contributed by atoms with Gasteiger partial charge in [0.25, 0.3) is 6.43 Å². The van der Waals surface area contributed by atoms with Crippen LogP contribution in [0.3, 0.4) is 0 Å². The third-order valence-electron chi connectivity index (χ3n) is 1.95. The molecule has 4 nitrogen and oxygen atoms in total. The van der Waals surface area contributed by atoms with Crippen LogP contribution >= 0.6 is 0 Å². The lowest BCUT2D eigenvalue weighted by molar-refractivity contribution is 0.0509. The first kappa shape index (κ1) is 12.6. The fourth-order valence-corrected chi connectivity index (χ4v) is 1.27. The lowest BCUT2D eigenvalue weighted by Gasteiger charge is -2.09. The summed E-state index contributed by atoms with van der Waals surface area (Å²) in [5.41, 5.74) is -0.344. The SMILES string of the molecule is CCOC(=O)c1cc(C(F)F)nn1C(C)C. The largest absolute Gasteiger partial charge is 0.461 e. The van der Waals surface area contributed by atoms with Crippen molar-refractivity contribution in [1.29, 1.82) is 0 Å². The van der Waals surface area contributed by atoms with Crippen molar-refractivity contribution >= 4 is 5.97 Å². The van der Waals surface area contributed by atoms with E-state index in [0.29, 0.717) is 0 Å². The van der Waals surface area contributed by atoms with Crippen molar-refractivity contribution in [2.24, 2.45) is 0 Å². The molecule has 0 aliphatic heterocycles. The van der Waals surface area contributed by atoms with Crippen molar-refractivity contribution in [2.45, 2.75) is 33.2 Å². The summed E-state index contributed by atoms with van der Waals surface area (Å²) in [6, 6.07) is 0.898. The minimum atomic E-state index is -2.69. The van der Waals surface area contributed by atoms with Crippen molar-refractivity contribution in [3.8, 4) is 0 Å². The number of halogens is 2. The maximum absolute atomic E-state index is 12.4. The van der Waals surface area contributed by atoms with Crippen LogP contribution in [0.5, 0.6) is 0 Å². The number of ether oxygens (including phenoxy) is 1. The van der Waals surface area contributed by atoms with Crippen LogP contribution in [0, 0.1) is 0 Å². The minimum absolute atomic E-state index is 0.0622. The summed E-state index contributed by atoms with van der Waals surface area (Å²) in [5, 5.41) is 3.68. The molecule has 6 heteroatoms. The number of carbonyl (C=O) groups is 1. The van der Waals surface area contributed by atoms with Crippen molar-refractivity contribution in [2.75, 3.05) is 6.61 Å². The summed E-state index contributed by atoms with van der Waals surface area (Å²) in [6.07, 6.45) is -2.69. The third kappa shape index (κ3) is 2.56. The molecule has 0 radical (unpaired) electrons. The minimum Gasteiger partial charge on any atom is -0.461 e. The highest BCUT2D eigenvalue weighted by molar-refractivity contribution is 5.87. The molecule has 0 bridgehead atoms. The number of carbonyl (C=O) groups excluding carboxylic acids is 1. The van der Waals surface area contributed by atoms with Gasteiger partial charge >= 0.3 is 5.97 Å². The van der Waals surface area contributed by atoms with Gasteiger partial charge in [0.2, 0.25) is 0 Å². The van der Waals surface area contributed by atoms with E-state index in [9.17, 15) is 13.6 Å². The molecule has 0 aliphatic carbocycles. The molecular weight excluding hydrogens is 218 g/mol. The average Bonchev–Trinajstić information content (AvgIpc) is 2.62. The first-order valence-corrected chi connectivity index (χ1v) is 5.02. The van der Waals surface area contributed by atoms with Gasteiger partial charge in [-0.2, -0.15) is 5.10 Å². The second-order valence-electron chi connectivity index (χ2n) is 3.51. The van der Waals surface area contributed by atoms with E-state index >= 15 is 0 Å². The van der Waals surface area contributed by atoms with Crippen LogP contribution in [0.15, 0.2) is 6.07 Å². The maximum Gasteiger partial charge on any atom is 0.356 e. The number of esters is 1. The van der Waals surface area contributed by atoms with Crippen molar-refractivity contribution in [3.05, 3.63) is 17.5 Å². The van der Waals surface area contributed by atoms with Gasteiger partial charge in [0.1, 0.15) is 11.4 Å². The van der Waals surface area contributed by atoms with Gasteiger partial charge in [-0.1, -0.05) is 0 Å². The van der Waals surface area contributed by atoms with E-state index in [-0.39, 0.29) is 18.3 Å². The second-order valence-corrected chi connectivity index (χ2v) is 3.51. The van der Waals surface area contributed by atoms with Gasteiger partial charge in [0.15, 0.2) is 0 Å². The molecular formula is C10H14F2N2O2. The van der Waals surface area contributed by atoms with Gasteiger partial charge in [-0.3, -0.25) is 4.68 Å². The number of nitrogens with zero attached hydrogens (tertiary/aromatic N) is 2. The van der Waals surface area contributed by atoms with Gasteiger partial charge in [-0.25, -0.2) is 13.6 Å². The number of alkyl halides is 2. The lowest BCUT2D eigenvalue weighted by atomic mass is 10.3. The van der Waals surface area contributed by atoms with E-state index in [1.807, 2.05) is 0 Å². The molecule has 1 aromatic rings. The molecule has 0 spiro atoms. The highest BCUT2D eigenvalue weighted by atomic mass is 19.3. The molecule has 1 heterocycles. The molecule has 0 N–H and O–H groups in total. The van der Waals surface area contributed by atoms with Crippen LogP contribution in [0.2, 0.25) is 0 Å². The Hall–Kier alpha value is -1.46. The number of rotatable bonds is 4. The van der Waals surface area contributed by atoms with E-state index in [0.717, 1.165) is 6.07 Å².